The summed E-state index contributed by atoms with van der Waals surface area (Å²) in [5.74, 6) is -1.21. The van der Waals surface area contributed by atoms with Crippen molar-refractivity contribution in [3.05, 3.63) is 66.2 Å². The van der Waals surface area contributed by atoms with Gasteiger partial charge in [0, 0.05) is 18.7 Å². The lowest BCUT2D eigenvalue weighted by molar-refractivity contribution is -0.117. The SMILES string of the molecule is O=C(O)c1cc2ccccc2cc1NS(=O)(=O)c1ccc(N2CCCC2=O)cc1. The van der Waals surface area contributed by atoms with E-state index < -0.39 is 16.0 Å². The number of nitrogens with zero attached hydrogens (tertiary/aromatic N) is 1. The number of anilines is 2. The number of carboxylic acid groups (broad SMARTS) is 1. The summed E-state index contributed by atoms with van der Waals surface area (Å²) in [5.41, 5.74) is 0.505. The zero-order valence-corrected chi connectivity index (χ0v) is 16.1. The summed E-state index contributed by atoms with van der Waals surface area (Å²) in [6, 6.07) is 16.0. The van der Waals surface area contributed by atoms with Crippen molar-refractivity contribution in [2.45, 2.75) is 17.7 Å². The normalized spacial score (nSPS) is 14.3. The maximum Gasteiger partial charge on any atom is 0.337 e. The zero-order valence-electron chi connectivity index (χ0n) is 15.3. The third-order valence-corrected chi connectivity index (χ3v) is 6.27. The van der Waals surface area contributed by atoms with E-state index >= 15 is 0 Å². The average molecular weight is 410 g/mol. The number of amides is 1. The maximum absolute atomic E-state index is 12.8. The van der Waals surface area contributed by atoms with Crippen molar-refractivity contribution < 1.29 is 23.1 Å². The summed E-state index contributed by atoms with van der Waals surface area (Å²) < 4.78 is 28.0. The molecule has 2 N–H and O–H groups in total. The molecule has 1 aliphatic rings. The van der Waals surface area contributed by atoms with E-state index in [0.29, 0.717) is 24.0 Å². The second kappa shape index (κ2) is 7.21. The highest BCUT2D eigenvalue weighted by Gasteiger charge is 2.23. The van der Waals surface area contributed by atoms with Crippen molar-refractivity contribution in [3.63, 3.8) is 0 Å². The van der Waals surface area contributed by atoms with Crippen LogP contribution < -0.4 is 9.62 Å². The Kier molecular flexibility index (Phi) is 4.71. The number of carbonyl (C=O) groups is 2. The first-order valence-electron chi connectivity index (χ1n) is 9.04. The van der Waals surface area contributed by atoms with Gasteiger partial charge in [0.25, 0.3) is 10.0 Å². The molecule has 1 aliphatic heterocycles. The zero-order chi connectivity index (χ0) is 20.6. The molecule has 0 bridgehead atoms. The molecule has 0 saturated carbocycles. The van der Waals surface area contributed by atoms with E-state index in [1.165, 1.54) is 24.3 Å². The minimum atomic E-state index is -4.01. The van der Waals surface area contributed by atoms with Crippen molar-refractivity contribution >= 4 is 44.0 Å². The Bertz CT molecular complexity index is 1220. The van der Waals surface area contributed by atoms with Crippen LogP contribution in [-0.4, -0.2) is 31.9 Å². The maximum atomic E-state index is 12.8. The fraction of sp³-hybridized carbons (Fsp3) is 0.143. The molecule has 1 fully saturated rings. The van der Waals surface area contributed by atoms with Crippen LogP contribution >= 0.6 is 0 Å². The summed E-state index contributed by atoms with van der Waals surface area (Å²) in [6.07, 6.45) is 1.27. The molecule has 8 heteroatoms. The molecular weight excluding hydrogens is 392 g/mol. The van der Waals surface area contributed by atoms with Gasteiger partial charge in [0.1, 0.15) is 0 Å². The summed E-state index contributed by atoms with van der Waals surface area (Å²) in [5, 5.41) is 10.9. The second-order valence-electron chi connectivity index (χ2n) is 6.80. The van der Waals surface area contributed by atoms with Crippen LogP contribution in [0, 0.1) is 0 Å². The number of fused-ring (bicyclic) bond motifs is 1. The van der Waals surface area contributed by atoms with Crippen LogP contribution in [0.25, 0.3) is 10.8 Å². The lowest BCUT2D eigenvalue weighted by Crippen LogP contribution is -2.23. The Morgan fingerprint density at radius 2 is 1.66 bits per heavy atom. The molecule has 4 rings (SSSR count). The van der Waals surface area contributed by atoms with Crippen molar-refractivity contribution in [2.24, 2.45) is 0 Å². The lowest BCUT2D eigenvalue weighted by Gasteiger charge is -2.16. The first-order chi connectivity index (χ1) is 13.8. The Morgan fingerprint density at radius 3 is 2.24 bits per heavy atom. The Balaban J connectivity index is 1.67. The van der Waals surface area contributed by atoms with Gasteiger partial charge in [0.15, 0.2) is 0 Å². The number of sulfonamides is 1. The Labute approximate surface area is 167 Å². The van der Waals surface area contributed by atoms with Crippen molar-refractivity contribution in [1.82, 2.24) is 0 Å². The number of carboxylic acids is 1. The Hall–Kier alpha value is -3.39. The van der Waals surface area contributed by atoms with E-state index in [-0.39, 0.29) is 22.1 Å². The predicted molar refractivity (Wildman–Crippen MR) is 110 cm³/mol. The molecule has 1 amide bonds. The van der Waals surface area contributed by atoms with E-state index in [4.69, 9.17) is 0 Å². The van der Waals surface area contributed by atoms with Gasteiger partial charge in [-0.05, 0) is 53.6 Å². The molecule has 0 atom stereocenters. The molecule has 1 saturated heterocycles. The van der Waals surface area contributed by atoms with E-state index in [2.05, 4.69) is 4.72 Å². The van der Waals surface area contributed by atoms with Gasteiger partial charge >= 0.3 is 5.97 Å². The van der Waals surface area contributed by atoms with Crippen LogP contribution in [0.5, 0.6) is 0 Å². The molecule has 1 heterocycles. The number of carbonyl (C=O) groups excluding carboxylic acids is 1. The first kappa shape index (κ1) is 18.9. The fourth-order valence-corrected chi connectivity index (χ4v) is 4.50. The summed E-state index contributed by atoms with van der Waals surface area (Å²) in [7, 11) is -4.01. The van der Waals surface area contributed by atoms with Crippen LogP contribution in [0.4, 0.5) is 11.4 Å². The topological polar surface area (TPSA) is 104 Å². The molecule has 148 valence electrons. The Morgan fingerprint density at radius 1 is 1.00 bits per heavy atom. The van der Waals surface area contributed by atoms with Crippen LogP contribution in [0.3, 0.4) is 0 Å². The lowest BCUT2D eigenvalue weighted by atomic mass is 10.1. The molecular formula is C21H18N2O5S. The smallest absolute Gasteiger partial charge is 0.337 e. The highest BCUT2D eigenvalue weighted by molar-refractivity contribution is 7.92. The first-order valence-corrected chi connectivity index (χ1v) is 10.5. The minimum Gasteiger partial charge on any atom is -0.478 e. The van der Waals surface area contributed by atoms with Gasteiger partial charge in [-0.1, -0.05) is 24.3 Å². The summed E-state index contributed by atoms with van der Waals surface area (Å²) in [4.78, 5) is 25.1. The van der Waals surface area contributed by atoms with Gasteiger partial charge in [-0.25, -0.2) is 13.2 Å². The average Bonchev–Trinajstić information content (AvgIpc) is 3.13. The number of hydrogen-bond donors (Lipinski definition) is 2. The van der Waals surface area contributed by atoms with Crippen molar-refractivity contribution in [1.29, 1.82) is 0 Å². The minimum absolute atomic E-state index is 0.00463. The number of nitrogens with one attached hydrogen (secondary N) is 1. The standard InChI is InChI=1S/C21H18N2O5S/c24-20-6-3-11-23(20)16-7-9-17(10-8-16)29(27,28)22-19-13-15-5-2-1-4-14(15)12-18(19)21(25)26/h1-2,4-5,7-10,12-13,22H,3,6,11H2,(H,25,26). The third kappa shape index (κ3) is 3.66. The van der Waals surface area contributed by atoms with E-state index in [9.17, 15) is 23.1 Å². The van der Waals surface area contributed by atoms with E-state index in [1.54, 1.807) is 41.3 Å². The number of aromatic carboxylic acids is 1. The van der Waals surface area contributed by atoms with Gasteiger partial charge in [0.05, 0.1) is 16.1 Å². The highest BCUT2D eigenvalue weighted by Crippen LogP contribution is 2.28. The molecule has 0 aromatic heterocycles. The molecule has 0 unspecified atom stereocenters. The third-order valence-electron chi connectivity index (χ3n) is 4.89. The van der Waals surface area contributed by atoms with Crippen LogP contribution in [-0.2, 0) is 14.8 Å². The fourth-order valence-electron chi connectivity index (χ4n) is 3.43. The van der Waals surface area contributed by atoms with E-state index in [1.807, 2.05) is 0 Å². The van der Waals surface area contributed by atoms with Gasteiger partial charge < -0.3 is 10.0 Å². The van der Waals surface area contributed by atoms with E-state index in [0.717, 1.165) is 11.8 Å². The second-order valence-corrected chi connectivity index (χ2v) is 8.48. The molecule has 0 spiro atoms. The van der Waals surface area contributed by atoms with Crippen LogP contribution in [0.1, 0.15) is 23.2 Å². The number of benzene rings is 3. The van der Waals surface area contributed by atoms with Gasteiger partial charge in [-0.3, -0.25) is 9.52 Å². The number of rotatable bonds is 5. The monoisotopic (exact) mass is 410 g/mol. The largest absolute Gasteiger partial charge is 0.478 e. The summed E-state index contributed by atoms with van der Waals surface area (Å²) in [6.45, 7) is 0.613. The molecule has 7 nitrogen and oxygen atoms in total. The number of hydrogen-bond acceptors (Lipinski definition) is 4. The molecule has 3 aromatic rings. The predicted octanol–water partition coefficient (Wildman–Crippen LogP) is 3.47. The highest BCUT2D eigenvalue weighted by atomic mass is 32.2. The van der Waals surface area contributed by atoms with Gasteiger partial charge in [-0.2, -0.15) is 0 Å². The molecule has 0 aliphatic carbocycles. The van der Waals surface area contributed by atoms with Crippen LogP contribution in [0.2, 0.25) is 0 Å². The molecule has 0 radical (unpaired) electrons. The van der Waals surface area contributed by atoms with Crippen molar-refractivity contribution in [2.75, 3.05) is 16.2 Å². The van der Waals surface area contributed by atoms with Crippen molar-refractivity contribution in [3.8, 4) is 0 Å². The molecule has 29 heavy (non-hydrogen) atoms. The quantitative estimate of drug-likeness (QED) is 0.670. The summed E-state index contributed by atoms with van der Waals surface area (Å²) >= 11 is 0. The van der Waals surface area contributed by atoms with Gasteiger partial charge in [0.2, 0.25) is 5.91 Å². The van der Waals surface area contributed by atoms with Crippen LogP contribution in [0.15, 0.2) is 65.6 Å². The van der Waals surface area contributed by atoms with Gasteiger partial charge in [-0.15, -0.1) is 0 Å². The molecule has 3 aromatic carbocycles.